The third-order valence-corrected chi connectivity index (χ3v) is 4.21. The van der Waals surface area contributed by atoms with Crippen LogP contribution < -0.4 is 11.1 Å². The molecule has 0 aromatic carbocycles. The predicted octanol–water partition coefficient (Wildman–Crippen LogP) is 1.66. The summed E-state index contributed by atoms with van der Waals surface area (Å²) in [6, 6.07) is 3.06. The van der Waals surface area contributed by atoms with Gasteiger partial charge in [0.15, 0.2) is 0 Å². The fourth-order valence-corrected chi connectivity index (χ4v) is 3.37. The molecule has 0 radical (unpaired) electrons. The minimum atomic E-state index is 0.520. The Morgan fingerprint density at radius 3 is 3.11 bits per heavy atom. The zero-order valence-electron chi connectivity index (χ0n) is 11.6. The van der Waals surface area contributed by atoms with Crippen molar-refractivity contribution in [3.8, 4) is 0 Å². The summed E-state index contributed by atoms with van der Waals surface area (Å²) in [5, 5.41) is 3.58. The van der Waals surface area contributed by atoms with Gasteiger partial charge in [0.1, 0.15) is 17.5 Å². The highest BCUT2D eigenvalue weighted by Gasteiger charge is 2.37. The van der Waals surface area contributed by atoms with Crippen LogP contribution in [0.4, 0.5) is 11.6 Å². The van der Waals surface area contributed by atoms with E-state index in [4.69, 9.17) is 5.73 Å². The molecule has 2 atom stereocenters. The molecule has 104 valence electrons. The molecule has 0 spiro atoms. The summed E-state index contributed by atoms with van der Waals surface area (Å²) in [7, 11) is 0. The number of anilines is 2. The number of nitrogens with zero attached hydrogens (tertiary/aromatic N) is 3. The number of rotatable bonds is 4. The van der Waals surface area contributed by atoms with Crippen LogP contribution in [0.3, 0.4) is 0 Å². The quantitative estimate of drug-likeness (QED) is 0.863. The molecule has 2 saturated heterocycles. The van der Waals surface area contributed by atoms with Gasteiger partial charge in [-0.1, -0.05) is 6.92 Å². The van der Waals surface area contributed by atoms with Crippen LogP contribution in [0.1, 0.15) is 38.4 Å². The first-order valence-corrected chi connectivity index (χ1v) is 7.40. The summed E-state index contributed by atoms with van der Waals surface area (Å²) in [6.07, 6.45) is 5.77. The van der Waals surface area contributed by atoms with Crippen LogP contribution in [-0.2, 0) is 6.42 Å². The van der Waals surface area contributed by atoms with E-state index in [9.17, 15) is 0 Å². The summed E-state index contributed by atoms with van der Waals surface area (Å²) in [6.45, 7) is 4.60. The van der Waals surface area contributed by atoms with Crippen LogP contribution in [0.2, 0.25) is 0 Å². The number of hydrogen-bond donors (Lipinski definition) is 2. The zero-order valence-corrected chi connectivity index (χ0v) is 11.6. The second-order valence-corrected chi connectivity index (χ2v) is 5.63. The minimum absolute atomic E-state index is 0.520. The molecule has 3 rings (SSSR count). The number of fused-ring (bicyclic) bond motifs is 1. The van der Waals surface area contributed by atoms with E-state index in [1.54, 1.807) is 0 Å². The number of nitrogen functional groups attached to an aromatic ring is 1. The van der Waals surface area contributed by atoms with Crippen LogP contribution in [-0.4, -0.2) is 40.0 Å². The van der Waals surface area contributed by atoms with Crippen molar-refractivity contribution < 1.29 is 0 Å². The fourth-order valence-electron chi connectivity index (χ4n) is 3.37. The molecule has 0 bridgehead atoms. The van der Waals surface area contributed by atoms with E-state index in [0.717, 1.165) is 24.5 Å². The van der Waals surface area contributed by atoms with Gasteiger partial charge in [-0.15, -0.1) is 0 Å². The van der Waals surface area contributed by atoms with Gasteiger partial charge in [-0.3, -0.25) is 4.90 Å². The van der Waals surface area contributed by atoms with Gasteiger partial charge in [-0.05, 0) is 32.2 Å². The Labute approximate surface area is 114 Å². The molecule has 5 nitrogen and oxygen atoms in total. The van der Waals surface area contributed by atoms with E-state index < -0.39 is 0 Å². The Hall–Kier alpha value is -1.36. The molecule has 2 aliphatic heterocycles. The highest BCUT2D eigenvalue weighted by atomic mass is 15.2. The molecular weight excluding hydrogens is 238 g/mol. The van der Waals surface area contributed by atoms with E-state index in [1.807, 2.05) is 6.07 Å². The van der Waals surface area contributed by atoms with Gasteiger partial charge in [0, 0.05) is 31.1 Å². The summed E-state index contributed by atoms with van der Waals surface area (Å²) in [5.74, 6) is 2.32. The number of hydrogen-bond acceptors (Lipinski definition) is 5. The van der Waals surface area contributed by atoms with Gasteiger partial charge < -0.3 is 11.1 Å². The minimum Gasteiger partial charge on any atom is -0.384 e. The van der Waals surface area contributed by atoms with Crippen LogP contribution >= 0.6 is 0 Å². The van der Waals surface area contributed by atoms with Crippen molar-refractivity contribution in [2.45, 2.75) is 51.1 Å². The largest absolute Gasteiger partial charge is 0.384 e. The normalized spacial score (nSPS) is 26.6. The van der Waals surface area contributed by atoms with Gasteiger partial charge in [-0.2, -0.15) is 0 Å². The predicted molar refractivity (Wildman–Crippen MR) is 77.1 cm³/mol. The average molecular weight is 261 g/mol. The van der Waals surface area contributed by atoms with Crippen molar-refractivity contribution in [2.24, 2.45) is 0 Å². The summed E-state index contributed by atoms with van der Waals surface area (Å²) < 4.78 is 0. The van der Waals surface area contributed by atoms with Crippen molar-refractivity contribution in [1.29, 1.82) is 0 Å². The van der Waals surface area contributed by atoms with E-state index >= 15 is 0 Å². The SMILES string of the molecule is CCCc1nc(N)cc(NC2CCN3CCCC23)n1. The van der Waals surface area contributed by atoms with Crippen LogP contribution in [0.5, 0.6) is 0 Å². The van der Waals surface area contributed by atoms with Crippen molar-refractivity contribution in [2.75, 3.05) is 24.1 Å². The number of aromatic nitrogens is 2. The Bertz CT molecular complexity index is 447. The van der Waals surface area contributed by atoms with E-state index in [1.165, 1.54) is 32.4 Å². The Balaban J connectivity index is 1.72. The summed E-state index contributed by atoms with van der Waals surface area (Å²) >= 11 is 0. The maximum atomic E-state index is 5.87. The molecule has 1 aromatic heterocycles. The molecular formula is C14H23N5. The molecule has 19 heavy (non-hydrogen) atoms. The topological polar surface area (TPSA) is 67.1 Å². The van der Waals surface area contributed by atoms with Crippen LogP contribution in [0.25, 0.3) is 0 Å². The molecule has 0 saturated carbocycles. The van der Waals surface area contributed by atoms with Gasteiger partial charge >= 0.3 is 0 Å². The molecule has 2 fully saturated rings. The first-order chi connectivity index (χ1) is 9.26. The van der Waals surface area contributed by atoms with Gasteiger partial charge in [0.2, 0.25) is 0 Å². The Kier molecular flexibility index (Phi) is 3.55. The third-order valence-electron chi connectivity index (χ3n) is 4.21. The van der Waals surface area contributed by atoms with Crippen molar-refractivity contribution in [3.05, 3.63) is 11.9 Å². The molecule has 5 heteroatoms. The van der Waals surface area contributed by atoms with E-state index in [-0.39, 0.29) is 0 Å². The fraction of sp³-hybridized carbons (Fsp3) is 0.714. The molecule has 2 aliphatic rings. The van der Waals surface area contributed by atoms with E-state index in [0.29, 0.717) is 17.9 Å². The molecule has 0 amide bonds. The van der Waals surface area contributed by atoms with Gasteiger partial charge in [0.05, 0.1) is 0 Å². The van der Waals surface area contributed by atoms with Gasteiger partial charge in [-0.25, -0.2) is 9.97 Å². The molecule has 3 heterocycles. The van der Waals surface area contributed by atoms with E-state index in [2.05, 4.69) is 27.1 Å². The Morgan fingerprint density at radius 2 is 2.26 bits per heavy atom. The monoisotopic (exact) mass is 261 g/mol. The maximum Gasteiger partial charge on any atom is 0.133 e. The molecule has 1 aromatic rings. The van der Waals surface area contributed by atoms with Crippen LogP contribution in [0.15, 0.2) is 6.07 Å². The smallest absolute Gasteiger partial charge is 0.133 e. The highest BCUT2D eigenvalue weighted by molar-refractivity contribution is 5.45. The van der Waals surface area contributed by atoms with Crippen molar-refractivity contribution in [3.63, 3.8) is 0 Å². The lowest BCUT2D eigenvalue weighted by Crippen LogP contribution is -2.34. The summed E-state index contributed by atoms with van der Waals surface area (Å²) in [4.78, 5) is 11.5. The average Bonchev–Trinajstić information content (AvgIpc) is 2.94. The lowest BCUT2D eigenvalue weighted by atomic mass is 10.1. The summed E-state index contributed by atoms with van der Waals surface area (Å²) in [5.41, 5.74) is 5.87. The van der Waals surface area contributed by atoms with Crippen LogP contribution in [0, 0.1) is 0 Å². The second kappa shape index (κ2) is 5.33. The van der Waals surface area contributed by atoms with Gasteiger partial charge in [0.25, 0.3) is 0 Å². The zero-order chi connectivity index (χ0) is 13.2. The number of nitrogens with two attached hydrogens (primary N) is 1. The molecule has 2 unspecified atom stereocenters. The number of aryl methyl sites for hydroxylation is 1. The number of nitrogens with one attached hydrogen (secondary N) is 1. The molecule has 3 N–H and O–H groups in total. The van der Waals surface area contributed by atoms with Crippen molar-refractivity contribution in [1.82, 2.24) is 14.9 Å². The first-order valence-electron chi connectivity index (χ1n) is 7.40. The molecule has 0 aliphatic carbocycles. The lowest BCUT2D eigenvalue weighted by Gasteiger charge is -2.22. The standard InChI is InChI=1S/C14H23N5/c1-2-4-13-17-12(15)9-14(18-13)16-10-6-8-19-7-3-5-11(10)19/h9-11H,2-8H2,1H3,(H3,15,16,17,18). The maximum absolute atomic E-state index is 5.87. The first kappa shape index (κ1) is 12.7. The van der Waals surface area contributed by atoms with Crippen molar-refractivity contribution >= 4 is 11.6 Å². The lowest BCUT2D eigenvalue weighted by molar-refractivity contribution is 0.318. The second-order valence-electron chi connectivity index (χ2n) is 5.63. The highest BCUT2D eigenvalue weighted by Crippen LogP contribution is 2.29. The Morgan fingerprint density at radius 1 is 1.37 bits per heavy atom. The third kappa shape index (κ3) is 2.66.